The smallest absolute Gasteiger partial charge is 0.326 e. The second kappa shape index (κ2) is 7.66. The van der Waals surface area contributed by atoms with Gasteiger partial charge in [-0.05, 0) is 0 Å². The average molecular weight is 309 g/mol. The fourth-order valence-electron chi connectivity index (χ4n) is 0.836. The van der Waals surface area contributed by atoms with Crippen LogP contribution in [0.2, 0.25) is 0 Å². The summed E-state index contributed by atoms with van der Waals surface area (Å²) in [7, 11) is 1.14. The van der Waals surface area contributed by atoms with Crippen molar-refractivity contribution in [3.63, 3.8) is 0 Å². The molecule has 3 N–H and O–H groups in total. The lowest BCUT2D eigenvalue weighted by molar-refractivity contribution is -0.147. The fourth-order valence-corrected chi connectivity index (χ4v) is 0.976. The zero-order valence-corrected chi connectivity index (χ0v) is 10.7. The number of nitrogens with one attached hydrogen (secondary N) is 2. The Hall–Kier alpha value is -1.57. The molecule has 0 heterocycles. The number of hydrogen-bond donors (Lipinski definition) is 3. The van der Waals surface area contributed by atoms with Gasteiger partial charge in [-0.3, -0.25) is 4.79 Å². The number of carboxylic acid groups (broad SMARTS) is 1. The number of hydrogen-bond acceptors (Lipinski definition) is 4. The van der Waals surface area contributed by atoms with Crippen molar-refractivity contribution in [2.75, 3.05) is 13.7 Å². The Balaban J connectivity index is 4.25. The van der Waals surface area contributed by atoms with E-state index in [-0.39, 0.29) is 6.54 Å². The quantitative estimate of drug-likeness (QED) is 0.608. The summed E-state index contributed by atoms with van der Waals surface area (Å²) in [5.41, 5.74) is 0. The highest BCUT2D eigenvalue weighted by atomic mass is 79.9. The zero-order valence-electron chi connectivity index (χ0n) is 9.16. The third-order valence-corrected chi connectivity index (χ3v) is 1.92. The lowest BCUT2D eigenvalue weighted by Gasteiger charge is -2.13. The number of ether oxygens (including phenoxy) is 1. The number of aliphatic carboxylic acids is 1. The number of urea groups is 1. The van der Waals surface area contributed by atoms with E-state index in [1.807, 2.05) is 0 Å². The molecular weight excluding hydrogens is 296 g/mol. The van der Waals surface area contributed by atoms with E-state index in [1.54, 1.807) is 0 Å². The Morgan fingerprint density at radius 2 is 2.06 bits per heavy atom. The molecule has 0 bridgehead atoms. The van der Waals surface area contributed by atoms with Crippen LogP contribution in [0.3, 0.4) is 0 Å². The molecule has 0 fully saturated rings. The Labute approximate surface area is 106 Å². The van der Waals surface area contributed by atoms with Crippen molar-refractivity contribution < 1.29 is 24.2 Å². The molecule has 96 valence electrons. The molecule has 0 rings (SSSR count). The number of amides is 2. The first-order chi connectivity index (χ1) is 7.86. The van der Waals surface area contributed by atoms with E-state index in [2.05, 4.69) is 37.9 Å². The monoisotopic (exact) mass is 308 g/mol. The third kappa shape index (κ3) is 7.34. The van der Waals surface area contributed by atoms with Gasteiger partial charge in [-0.15, -0.1) is 0 Å². The van der Waals surface area contributed by atoms with Crippen molar-refractivity contribution in [1.82, 2.24) is 10.6 Å². The minimum atomic E-state index is -1.33. The van der Waals surface area contributed by atoms with Gasteiger partial charge in [0.2, 0.25) is 0 Å². The molecule has 0 saturated carbocycles. The predicted octanol–water partition coefficient (Wildman–Crippen LogP) is 0.210. The summed E-state index contributed by atoms with van der Waals surface area (Å²) >= 11 is 3.02. The van der Waals surface area contributed by atoms with Crippen LogP contribution in [0.1, 0.15) is 6.42 Å². The molecule has 0 radical (unpaired) electrons. The van der Waals surface area contributed by atoms with Crippen molar-refractivity contribution >= 4 is 33.9 Å². The minimum Gasteiger partial charge on any atom is -0.480 e. The number of carbonyl (C=O) groups is 3. The van der Waals surface area contributed by atoms with Gasteiger partial charge in [-0.2, -0.15) is 0 Å². The van der Waals surface area contributed by atoms with E-state index in [1.165, 1.54) is 0 Å². The molecule has 1 atom stereocenters. The summed E-state index contributed by atoms with van der Waals surface area (Å²) in [6, 6.07) is -2.03. The van der Waals surface area contributed by atoms with Crippen molar-refractivity contribution in [2.45, 2.75) is 12.5 Å². The molecule has 0 aromatic carbocycles. The van der Waals surface area contributed by atoms with E-state index in [4.69, 9.17) is 5.11 Å². The summed E-state index contributed by atoms with van der Waals surface area (Å²) in [6.07, 6.45) is -0.436. The number of rotatable bonds is 6. The predicted molar refractivity (Wildman–Crippen MR) is 62.7 cm³/mol. The topological polar surface area (TPSA) is 105 Å². The fraction of sp³-hybridized carbons (Fsp3) is 0.444. The largest absolute Gasteiger partial charge is 0.480 e. The van der Waals surface area contributed by atoms with Gasteiger partial charge in [0, 0.05) is 4.48 Å². The van der Waals surface area contributed by atoms with Crippen LogP contribution in [-0.4, -0.2) is 42.8 Å². The lowest BCUT2D eigenvalue weighted by atomic mass is 10.2. The second-order valence-electron chi connectivity index (χ2n) is 3.02. The highest BCUT2D eigenvalue weighted by Gasteiger charge is 2.23. The van der Waals surface area contributed by atoms with Crippen molar-refractivity contribution in [1.29, 1.82) is 0 Å². The van der Waals surface area contributed by atoms with E-state index in [0.29, 0.717) is 4.48 Å². The van der Waals surface area contributed by atoms with E-state index < -0.39 is 30.4 Å². The summed E-state index contributed by atoms with van der Waals surface area (Å²) in [5.74, 6) is -2.04. The number of esters is 1. The molecule has 17 heavy (non-hydrogen) atoms. The first-order valence-electron chi connectivity index (χ1n) is 4.54. The van der Waals surface area contributed by atoms with Crippen molar-refractivity contribution in [2.24, 2.45) is 0 Å². The Bertz CT molecular complexity index is 331. The van der Waals surface area contributed by atoms with Crippen LogP contribution in [0.15, 0.2) is 11.1 Å². The summed E-state index contributed by atoms with van der Waals surface area (Å²) in [4.78, 5) is 32.9. The van der Waals surface area contributed by atoms with Gasteiger partial charge in [-0.25, -0.2) is 9.59 Å². The molecular formula is C9H13BrN2O5. The SMILES string of the molecule is C=C(Br)CNC(=O)N[C@@H](CC(=O)OC)C(=O)O. The summed E-state index contributed by atoms with van der Waals surface area (Å²) in [5, 5.41) is 13.2. The molecule has 0 aliphatic heterocycles. The Kier molecular flexibility index (Phi) is 6.95. The van der Waals surface area contributed by atoms with Crippen LogP contribution in [0.25, 0.3) is 0 Å². The van der Waals surface area contributed by atoms with Gasteiger partial charge in [0.15, 0.2) is 0 Å². The number of methoxy groups -OCH3 is 1. The standard InChI is InChI=1S/C9H13BrN2O5/c1-5(10)4-11-9(16)12-6(8(14)15)3-7(13)17-2/h6H,1,3-4H2,2H3,(H,14,15)(H2,11,12,16)/t6-/m0/s1. The van der Waals surface area contributed by atoms with Gasteiger partial charge in [0.05, 0.1) is 20.1 Å². The number of carboxylic acids is 1. The lowest BCUT2D eigenvalue weighted by Crippen LogP contribution is -2.47. The molecule has 0 aliphatic rings. The molecule has 0 unspecified atom stereocenters. The number of carbonyl (C=O) groups excluding carboxylic acids is 2. The molecule has 2 amide bonds. The van der Waals surface area contributed by atoms with Crippen molar-refractivity contribution in [3.05, 3.63) is 11.1 Å². The number of halogens is 1. The highest BCUT2D eigenvalue weighted by Crippen LogP contribution is 1.98. The molecule has 0 aromatic rings. The highest BCUT2D eigenvalue weighted by molar-refractivity contribution is 9.11. The molecule has 0 aliphatic carbocycles. The molecule has 0 aromatic heterocycles. The maximum Gasteiger partial charge on any atom is 0.326 e. The van der Waals surface area contributed by atoms with Crippen LogP contribution in [0, 0.1) is 0 Å². The van der Waals surface area contributed by atoms with Crippen LogP contribution in [-0.2, 0) is 14.3 Å². The minimum absolute atomic E-state index is 0.149. The zero-order chi connectivity index (χ0) is 13.4. The van der Waals surface area contributed by atoms with E-state index in [9.17, 15) is 14.4 Å². The van der Waals surface area contributed by atoms with Gasteiger partial charge in [-0.1, -0.05) is 22.5 Å². The Morgan fingerprint density at radius 3 is 2.47 bits per heavy atom. The maximum absolute atomic E-state index is 11.2. The first kappa shape index (κ1) is 15.4. The summed E-state index contributed by atoms with van der Waals surface area (Å²) in [6.45, 7) is 3.64. The van der Waals surface area contributed by atoms with Crippen LogP contribution >= 0.6 is 15.9 Å². The van der Waals surface area contributed by atoms with E-state index >= 15 is 0 Å². The summed E-state index contributed by atoms with van der Waals surface area (Å²) < 4.78 is 4.85. The van der Waals surface area contributed by atoms with Crippen LogP contribution in [0.5, 0.6) is 0 Å². The maximum atomic E-state index is 11.2. The van der Waals surface area contributed by atoms with E-state index in [0.717, 1.165) is 7.11 Å². The normalized spacial score (nSPS) is 11.2. The van der Waals surface area contributed by atoms with Gasteiger partial charge in [0.25, 0.3) is 0 Å². The molecule has 8 heteroatoms. The molecule has 7 nitrogen and oxygen atoms in total. The van der Waals surface area contributed by atoms with Gasteiger partial charge < -0.3 is 20.5 Å². The van der Waals surface area contributed by atoms with Gasteiger partial charge in [0.1, 0.15) is 6.04 Å². The average Bonchev–Trinajstić information content (AvgIpc) is 2.25. The second-order valence-corrected chi connectivity index (χ2v) is 4.14. The Morgan fingerprint density at radius 1 is 1.47 bits per heavy atom. The first-order valence-corrected chi connectivity index (χ1v) is 5.33. The van der Waals surface area contributed by atoms with Crippen LogP contribution < -0.4 is 10.6 Å². The van der Waals surface area contributed by atoms with Gasteiger partial charge >= 0.3 is 18.0 Å². The third-order valence-electron chi connectivity index (χ3n) is 1.64. The molecule has 0 spiro atoms. The van der Waals surface area contributed by atoms with Crippen molar-refractivity contribution in [3.8, 4) is 0 Å². The molecule has 0 saturated heterocycles. The van der Waals surface area contributed by atoms with Crippen LogP contribution in [0.4, 0.5) is 4.79 Å².